The Labute approximate surface area is 133 Å². The van der Waals surface area contributed by atoms with E-state index in [0.717, 1.165) is 5.56 Å². The molecule has 0 aliphatic carbocycles. The van der Waals surface area contributed by atoms with Gasteiger partial charge in [0, 0.05) is 31.1 Å². The molecule has 116 valence electrons. The minimum atomic E-state index is -0.373. The molecule has 0 bridgehead atoms. The summed E-state index contributed by atoms with van der Waals surface area (Å²) in [5, 5.41) is 3.54. The average molecular weight is 321 g/mol. The van der Waals surface area contributed by atoms with Crippen LogP contribution in [-0.2, 0) is 4.74 Å². The number of amides is 1. The van der Waals surface area contributed by atoms with Gasteiger partial charge in [-0.05, 0) is 24.1 Å². The van der Waals surface area contributed by atoms with Crippen LogP contribution in [0.4, 0.5) is 5.82 Å². The van der Waals surface area contributed by atoms with E-state index in [1.165, 1.54) is 12.4 Å². The number of carbonyl (C=O) groups is 1. The molecule has 2 aromatic rings. The predicted octanol–water partition coefficient (Wildman–Crippen LogP) is 2.22. The van der Waals surface area contributed by atoms with E-state index in [2.05, 4.69) is 15.3 Å². The van der Waals surface area contributed by atoms with E-state index in [1.807, 2.05) is 12.1 Å². The van der Waals surface area contributed by atoms with Gasteiger partial charge in [0.15, 0.2) is 11.5 Å². The summed E-state index contributed by atoms with van der Waals surface area (Å²) < 4.78 is 5.10. The Kier molecular flexibility index (Phi) is 5.68. The zero-order chi connectivity index (χ0) is 15.9. The van der Waals surface area contributed by atoms with Crippen molar-refractivity contribution in [1.29, 1.82) is 0 Å². The van der Waals surface area contributed by atoms with Crippen molar-refractivity contribution in [2.24, 2.45) is 0 Å². The van der Waals surface area contributed by atoms with Crippen LogP contribution >= 0.6 is 11.6 Å². The highest BCUT2D eigenvalue weighted by Gasteiger charge is 2.18. The van der Waals surface area contributed by atoms with Crippen molar-refractivity contribution < 1.29 is 9.53 Å². The molecular weight excluding hydrogens is 304 g/mol. The number of ether oxygens (including phenoxy) is 1. The van der Waals surface area contributed by atoms with Crippen molar-refractivity contribution >= 4 is 23.3 Å². The molecule has 0 aliphatic heterocycles. The van der Waals surface area contributed by atoms with Crippen LogP contribution in [0, 0.1) is 0 Å². The second kappa shape index (κ2) is 7.72. The molecule has 0 fully saturated rings. The molecular formula is C15H17ClN4O2. The number of nitrogens with zero attached hydrogens (tertiary/aromatic N) is 2. The summed E-state index contributed by atoms with van der Waals surface area (Å²) in [6.45, 7) is 0.503. The molecule has 3 N–H and O–H groups in total. The van der Waals surface area contributed by atoms with E-state index in [9.17, 15) is 4.79 Å². The van der Waals surface area contributed by atoms with Gasteiger partial charge in [0.2, 0.25) is 0 Å². The lowest BCUT2D eigenvalue weighted by Crippen LogP contribution is -2.30. The Morgan fingerprint density at radius 1 is 1.32 bits per heavy atom. The standard InChI is InChI=1S/C15H17ClN4O2/c1-22-9-6-12(10-2-4-11(16)5-3-10)20-15(21)13-14(17)19-8-7-18-13/h2-5,7-8,12H,6,9H2,1H3,(H2,17,19)(H,20,21)/t12-/m0/s1. The van der Waals surface area contributed by atoms with E-state index in [4.69, 9.17) is 22.1 Å². The van der Waals surface area contributed by atoms with E-state index >= 15 is 0 Å². The Morgan fingerprint density at radius 2 is 2.00 bits per heavy atom. The summed E-state index contributed by atoms with van der Waals surface area (Å²) in [6, 6.07) is 7.05. The minimum Gasteiger partial charge on any atom is -0.385 e. The molecule has 22 heavy (non-hydrogen) atoms. The van der Waals surface area contributed by atoms with Gasteiger partial charge in [0.1, 0.15) is 0 Å². The van der Waals surface area contributed by atoms with Crippen LogP contribution in [0.3, 0.4) is 0 Å². The van der Waals surface area contributed by atoms with Gasteiger partial charge in [-0.2, -0.15) is 0 Å². The summed E-state index contributed by atoms with van der Waals surface area (Å²) in [5.41, 5.74) is 6.72. The highest BCUT2D eigenvalue weighted by Crippen LogP contribution is 2.20. The first kappa shape index (κ1) is 16.2. The number of halogens is 1. The molecule has 7 heteroatoms. The van der Waals surface area contributed by atoms with Crippen molar-refractivity contribution in [3.8, 4) is 0 Å². The number of anilines is 1. The van der Waals surface area contributed by atoms with Crippen molar-refractivity contribution in [3.63, 3.8) is 0 Å². The number of hydrogen-bond donors (Lipinski definition) is 2. The second-order valence-corrected chi connectivity index (χ2v) is 5.09. The van der Waals surface area contributed by atoms with Gasteiger partial charge in [-0.1, -0.05) is 23.7 Å². The first-order valence-electron chi connectivity index (χ1n) is 6.73. The molecule has 1 heterocycles. The fraction of sp³-hybridized carbons (Fsp3) is 0.267. The molecule has 0 aliphatic rings. The quantitative estimate of drug-likeness (QED) is 0.851. The van der Waals surface area contributed by atoms with Crippen LogP contribution in [0.15, 0.2) is 36.7 Å². The average Bonchev–Trinajstić information content (AvgIpc) is 2.52. The fourth-order valence-electron chi connectivity index (χ4n) is 2.00. The first-order valence-corrected chi connectivity index (χ1v) is 7.11. The SMILES string of the molecule is COCC[C@H](NC(=O)c1nccnc1N)c1ccc(Cl)cc1. The topological polar surface area (TPSA) is 90.1 Å². The van der Waals surface area contributed by atoms with Crippen LogP contribution in [0.1, 0.15) is 28.5 Å². The Morgan fingerprint density at radius 3 is 2.64 bits per heavy atom. The zero-order valence-corrected chi connectivity index (χ0v) is 12.9. The molecule has 2 rings (SSSR count). The van der Waals surface area contributed by atoms with E-state index < -0.39 is 0 Å². The van der Waals surface area contributed by atoms with Crippen molar-refractivity contribution in [2.45, 2.75) is 12.5 Å². The monoisotopic (exact) mass is 320 g/mol. The lowest BCUT2D eigenvalue weighted by molar-refractivity contribution is 0.0920. The number of rotatable bonds is 6. The minimum absolute atomic E-state index is 0.0987. The van der Waals surface area contributed by atoms with Crippen LogP contribution in [0.5, 0.6) is 0 Å². The Balaban J connectivity index is 2.17. The van der Waals surface area contributed by atoms with Gasteiger partial charge in [-0.15, -0.1) is 0 Å². The molecule has 6 nitrogen and oxygen atoms in total. The van der Waals surface area contributed by atoms with Gasteiger partial charge in [0.25, 0.3) is 5.91 Å². The maximum Gasteiger partial charge on any atom is 0.274 e. The highest BCUT2D eigenvalue weighted by molar-refractivity contribution is 6.30. The fourth-order valence-corrected chi connectivity index (χ4v) is 2.13. The Bertz CT molecular complexity index is 634. The molecule has 0 saturated carbocycles. The molecule has 0 radical (unpaired) electrons. The van der Waals surface area contributed by atoms with Crippen LogP contribution in [0.25, 0.3) is 0 Å². The number of aromatic nitrogens is 2. The number of nitrogen functional groups attached to an aromatic ring is 1. The second-order valence-electron chi connectivity index (χ2n) is 4.65. The van der Waals surface area contributed by atoms with Crippen LogP contribution in [0.2, 0.25) is 5.02 Å². The summed E-state index contributed by atoms with van der Waals surface area (Å²) in [6.07, 6.45) is 3.48. The Hall–Kier alpha value is -2.18. The maximum absolute atomic E-state index is 12.3. The third kappa shape index (κ3) is 4.16. The van der Waals surface area contributed by atoms with Crippen molar-refractivity contribution in [2.75, 3.05) is 19.5 Å². The van der Waals surface area contributed by atoms with Gasteiger partial charge in [0.05, 0.1) is 6.04 Å². The van der Waals surface area contributed by atoms with Gasteiger partial charge < -0.3 is 15.8 Å². The molecule has 1 aromatic heterocycles. The van der Waals surface area contributed by atoms with Gasteiger partial charge >= 0.3 is 0 Å². The molecule has 1 aromatic carbocycles. The van der Waals surface area contributed by atoms with Crippen LogP contribution in [-0.4, -0.2) is 29.6 Å². The van der Waals surface area contributed by atoms with E-state index in [1.54, 1.807) is 19.2 Å². The van der Waals surface area contributed by atoms with Crippen molar-refractivity contribution in [3.05, 3.63) is 52.9 Å². The summed E-state index contributed by atoms with van der Waals surface area (Å²) in [5.74, 6) is -0.275. The van der Waals surface area contributed by atoms with E-state index in [0.29, 0.717) is 18.1 Å². The molecule has 0 saturated heterocycles. The number of methoxy groups -OCH3 is 1. The normalized spacial score (nSPS) is 11.9. The number of carbonyl (C=O) groups excluding carboxylic acids is 1. The third-order valence-corrected chi connectivity index (χ3v) is 3.38. The molecule has 1 amide bonds. The number of hydrogen-bond acceptors (Lipinski definition) is 5. The van der Waals surface area contributed by atoms with Gasteiger partial charge in [-0.25, -0.2) is 9.97 Å². The molecule has 1 atom stereocenters. The zero-order valence-electron chi connectivity index (χ0n) is 12.1. The van der Waals surface area contributed by atoms with E-state index in [-0.39, 0.29) is 23.5 Å². The first-order chi connectivity index (χ1) is 10.6. The van der Waals surface area contributed by atoms with Crippen LogP contribution < -0.4 is 11.1 Å². The summed E-state index contributed by atoms with van der Waals surface area (Å²) >= 11 is 5.90. The number of nitrogens with one attached hydrogen (secondary N) is 1. The number of nitrogens with two attached hydrogens (primary N) is 1. The summed E-state index contributed by atoms with van der Waals surface area (Å²) in [7, 11) is 1.61. The largest absolute Gasteiger partial charge is 0.385 e. The predicted molar refractivity (Wildman–Crippen MR) is 84.6 cm³/mol. The smallest absolute Gasteiger partial charge is 0.274 e. The molecule has 0 spiro atoms. The van der Waals surface area contributed by atoms with Gasteiger partial charge in [-0.3, -0.25) is 4.79 Å². The summed E-state index contributed by atoms with van der Waals surface area (Å²) in [4.78, 5) is 20.2. The third-order valence-electron chi connectivity index (χ3n) is 3.13. The maximum atomic E-state index is 12.3. The lowest BCUT2D eigenvalue weighted by Gasteiger charge is -2.19. The molecule has 0 unspecified atom stereocenters. The highest BCUT2D eigenvalue weighted by atomic mass is 35.5. The van der Waals surface area contributed by atoms with Crippen molar-refractivity contribution in [1.82, 2.24) is 15.3 Å². The number of benzene rings is 1. The lowest BCUT2D eigenvalue weighted by atomic mass is 10.0.